The van der Waals surface area contributed by atoms with Crippen molar-refractivity contribution < 1.29 is 13.2 Å². The number of sulfonamides is 1. The molecule has 1 amide bonds. The second-order valence-corrected chi connectivity index (χ2v) is 10.1. The summed E-state index contributed by atoms with van der Waals surface area (Å²) in [6, 6.07) is 17.9. The number of likely N-dealkylation sites (tertiary alicyclic amines) is 1. The van der Waals surface area contributed by atoms with Gasteiger partial charge in [0.25, 0.3) is 5.91 Å². The smallest absolute Gasteiger partial charge is 0.276 e. The average molecular weight is 452 g/mol. The highest BCUT2D eigenvalue weighted by Gasteiger charge is 2.36. The Kier molecular flexibility index (Phi) is 5.52. The zero-order valence-electron chi connectivity index (χ0n) is 17.6. The first kappa shape index (κ1) is 20.8. The monoisotopic (exact) mass is 451 g/mol. The lowest BCUT2D eigenvalue weighted by Gasteiger charge is -2.32. The highest BCUT2D eigenvalue weighted by molar-refractivity contribution is 7.89. The number of hydrogen-bond acceptors (Lipinski definition) is 5. The van der Waals surface area contributed by atoms with E-state index >= 15 is 0 Å². The first-order valence-electron chi connectivity index (χ1n) is 10.9. The fourth-order valence-corrected chi connectivity index (χ4v) is 5.49. The van der Waals surface area contributed by atoms with Crippen LogP contribution < -0.4 is 4.72 Å². The number of carbonyl (C=O) groups excluding carboxylic acids is 1. The molecule has 1 aromatic heterocycles. The van der Waals surface area contributed by atoms with Gasteiger partial charge >= 0.3 is 0 Å². The van der Waals surface area contributed by atoms with Crippen molar-refractivity contribution >= 4 is 15.9 Å². The molecule has 0 bridgehead atoms. The summed E-state index contributed by atoms with van der Waals surface area (Å²) in [5.74, 6) is 0.179. The largest absolute Gasteiger partial charge is 0.337 e. The molecule has 1 N–H and O–H groups in total. The van der Waals surface area contributed by atoms with Crippen molar-refractivity contribution in [1.29, 1.82) is 0 Å². The number of aromatic nitrogens is 3. The lowest BCUT2D eigenvalue weighted by Crippen LogP contribution is -2.46. The fraction of sp³-hybridized carbons (Fsp3) is 0.348. The molecule has 5 rings (SSSR count). The van der Waals surface area contributed by atoms with Crippen molar-refractivity contribution in [1.82, 2.24) is 24.6 Å². The van der Waals surface area contributed by atoms with Crippen LogP contribution in [0, 0.1) is 0 Å². The number of nitrogens with zero attached hydrogens (tertiary/aromatic N) is 4. The van der Waals surface area contributed by atoms with E-state index in [1.54, 1.807) is 39.9 Å². The molecule has 2 aromatic carbocycles. The van der Waals surface area contributed by atoms with E-state index in [9.17, 15) is 13.2 Å². The molecule has 0 unspecified atom stereocenters. The topological polar surface area (TPSA) is 97.2 Å². The molecule has 9 heteroatoms. The van der Waals surface area contributed by atoms with Crippen molar-refractivity contribution in [3.63, 3.8) is 0 Å². The Hall–Kier alpha value is -3.04. The van der Waals surface area contributed by atoms with E-state index in [0.717, 1.165) is 24.2 Å². The molecule has 32 heavy (non-hydrogen) atoms. The molecule has 3 aromatic rings. The number of para-hydroxylation sites is 1. The molecule has 0 radical (unpaired) electrons. The molecule has 166 valence electrons. The van der Waals surface area contributed by atoms with Crippen molar-refractivity contribution in [2.75, 3.05) is 13.1 Å². The molecule has 1 aliphatic heterocycles. The number of hydrogen-bond donors (Lipinski definition) is 1. The van der Waals surface area contributed by atoms with Gasteiger partial charge in [-0.25, -0.2) is 17.8 Å². The third kappa shape index (κ3) is 4.18. The van der Waals surface area contributed by atoms with Crippen LogP contribution in [0.2, 0.25) is 0 Å². The van der Waals surface area contributed by atoms with Crippen LogP contribution in [0.4, 0.5) is 0 Å². The summed E-state index contributed by atoms with van der Waals surface area (Å²) in [5.41, 5.74) is 2.20. The van der Waals surface area contributed by atoms with Gasteiger partial charge in [-0.2, -0.15) is 0 Å². The average Bonchev–Trinajstić information content (AvgIpc) is 3.57. The minimum atomic E-state index is -3.57. The summed E-state index contributed by atoms with van der Waals surface area (Å²) in [6.07, 6.45) is 3.18. The van der Waals surface area contributed by atoms with Gasteiger partial charge in [0.15, 0.2) is 5.69 Å². The van der Waals surface area contributed by atoms with E-state index in [4.69, 9.17) is 0 Å². The number of benzene rings is 2. The van der Waals surface area contributed by atoms with Gasteiger partial charge in [0.05, 0.1) is 16.3 Å². The maximum absolute atomic E-state index is 13.3. The quantitative estimate of drug-likeness (QED) is 0.622. The van der Waals surface area contributed by atoms with E-state index in [0.29, 0.717) is 37.5 Å². The maximum atomic E-state index is 13.3. The van der Waals surface area contributed by atoms with Crippen LogP contribution in [0.15, 0.2) is 65.6 Å². The Morgan fingerprint density at radius 2 is 1.53 bits per heavy atom. The minimum Gasteiger partial charge on any atom is -0.337 e. The van der Waals surface area contributed by atoms with Gasteiger partial charge in [-0.15, -0.1) is 5.10 Å². The Morgan fingerprint density at radius 3 is 2.16 bits per heavy atom. The van der Waals surface area contributed by atoms with Crippen molar-refractivity contribution in [3.05, 3.63) is 72.1 Å². The third-order valence-corrected chi connectivity index (χ3v) is 7.57. The molecule has 0 spiro atoms. The van der Waals surface area contributed by atoms with Crippen LogP contribution in [-0.4, -0.2) is 53.4 Å². The van der Waals surface area contributed by atoms with E-state index < -0.39 is 10.0 Å². The van der Waals surface area contributed by atoms with Crippen molar-refractivity contribution in [2.45, 2.75) is 42.5 Å². The van der Waals surface area contributed by atoms with E-state index in [2.05, 4.69) is 15.0 Å². The zero-order valence-corrected chi connectivity index (χ0v) is 18.4. The predicted molar refractivity (Wildman–Crippen MR) is 119 cm³/mol. The summed E-state index contributed by atoms with van der Waals surface area (Å²) in [7, 11) is -3.57. The van der Waals surface area contributed by atoms with Crippen LogP contribution in [-0.2, 0) is 10.0 Å². The summed E-state index contributed by atoms with van der Waals surface area (Å²) < 4.78 is 29.7. The van der Waals surface area contributed by atoms with Crippen LogP contribution in [0.3, 0.4) is 0 Å². The van der Waals surface area contributed by atoms with Crippen LogP contribution in [0.25, 0.3) is 5.69 Å². The third-order valence-electron chi connectivity index (χ3n) is 6.03. The second-order valence-electron chi connectivity index (χ2n) is 8.35. The minimum absolute atomic E-state index is 0.126. The summed E-state index contributed by atoms with van der Waals surface area (Å²) in [6.45, 7) is 0.951. The molecule has 2 aliphatic rings. The Morgan fingerprint density at radius 1 is 0.906 bits per heavy atom. The Labute approximate surface area is 187 Å². The molecule has 1 saturated carbocycles. The summed E-state index contributed by atoms with van der Waals surface area (Å²) in [5, 5.41) is 8.55. The van der Waals surface area contributed by atoms with Gasteiger partial charge in [-0.1, -0.05) is 41.6 Å². The number of piperidine rings is 1. The Balaban J connectivity index is 1.28. The van der Waals surface area contributed by atoms with Crippen LogP contribution in [0.5, 0.6) is 0 Å². The molecule has 0 atom stereocenters. The maximum Gasteiger partial charge on any atom is 0.276 e. The highest BCUT2D eigenvalue weighted by Crippen LogP contribution is 2.42. The van der Waals surface area contributed by atoms with E-state index in [-0.39, 0.29) is 16.8 Å². The van der Waals surface area contributed by atoms with Crippen LogP contribution in [0.1, 0.15) is 47.8 Å². The number of nitrogens with one attached hydrogen (secondary N) is 1. The van der Waals surface area contributed by atoms with Crippen LogP contribution >= 0.6 is 0 Å². The fourth-order valence-electron chi connectivity index (χ4n) is 4.16. The summed E-state index contributed by atoms with van der Waals surface area (Å²) in [4.78, 5) is 15.3. The van der Waals surface area contributed by atoms with Gasteiger partial charge in [-0.3, -0.25) is 4.79 Å². The first-order valence-corrected chi connectivity index (χ1v) is 12.4. The SMILES string of the molecule is O=C(c1nnn(-c2ccccc2)c1C1CC1)N1CCC(NS(=O)(=O)c2ccccc2)CC1. The summed E-state index contributed by atoms with van der Waals surface area (Å²) >= 11 is 0. The number of amides is 1. The van der Waals surface area contributed by atoms with Gasteiger partial charge in [-0.05, 0) is 49.9 Å². The normalized spacial score (nSPS) is 17.4. The second kappa shape index (κ2) is 8.48. The molecule has 2 heterocycles. The van der Waals surface area contributed by atoms with E-state index in [1.807, 2.05) is 30.3 Å². The Bertz CT molecular complexity index is 1200. The van der Waals surface area contributed by atoms with Gasteiger partial charge in [0.2, 0.25) is 10.0 Å². The lowest BCUT2D eigenvalue weighted by atomic mass is 10.1. The number of carbonyl (C=O) groups is 1. The predicted octanol–water partition coefficient (Wildman–Crippen LogP) is 2.73. The molecular weight excluding hydrogens is 426 g/mol. The molecule has 2 fully saturated rings. The molecule has 1 aliphatic carbocycles. The van der Waals surface area contributed by atoms with Gasteiger partial charge in [0, 0.05) is 25.0 Å². The van der Waals surface area contributed by atoms with Crippen molar-refractivity contribution in [2.24, 2.45) is 0 Å². The lowest BCUT2D eigenvalue weighted by molar-refractivity contribution is 0.0704. The first-order chi connectivity index (χ1) is 15.5. The highest BCUT2D eigenvalue weighted by atomic mass is 32.2. The van der Waals surface area contributed by atoms with Gasteiger partial charge < -0.3 is 4.90 Å². The van der Waals surface area contributed by atoms with Crippen molar-refractivity contribution in [3.8, 4) is 5.69 Å². The molecule has 8 nitrogen and oxygen atoms in total. The standard InChI is InChI=1S/C23H25N5O3S/c29-23(21-22(17-11-12-17)28(26-24-21)19-7-3-1-4-8-19)27-15-13-18(14-16-27)25-32(30,31)20-9-5-2-6-10-20/h1-10,17-18,25H,11-16H2. The zero-order chi connectivity index (χ0) is 22.1. The molecule has 1 saturated heterocycles. The molecular formula is C23H25N5O3S. The number of rotatable bonds is 6. The van der Waals surface area contributed by atoms with E-state index in [1.165, 1.54) is 0 Å². The van der Waals surface area contributed by atoms with Gasteiger partial charge in [0.1, 0.15) is 0 Å².